The fourth-order valence-corrected chi connectivity index (χ4v) is 2.89. The Balaban J connectivity index is 1.82. The van der Waals surface area contributed by atoms with Crippen LogP contribution < -0.4 is 10.6 Å². The number of aromatic nitrogens is 2. The van der Waals surface area contributed by atoms with Gasteiger partial charge >= 0.3 is 5.70 Å². The van der Waals surface area contributed by atoms with Crippen LogP contribution in [-0.2, 0) is 9.47 Å². The molecule has 10 nitrogen and oxygen atoms in total. The van der Waals surface area contributed by atoms with Crippen molar-refractivity contribution in [3.8, 4) is 0 Å². The first-order valence-corrected chi connectivity index (χ1v) is 9.47. The topological polar surface area (TPSA) is 135 Å². The highest BCUT2D eigenvalue weighted by molar-refractivity contribution is 6.33. The van der Waals surface area contributed by atoms with E-state index in [1.54, 1.807) is 6.92 Å². The lowest BCUT2D eigenvalue weighted by atomic mass is 10.1. The summed E-state index contributed by atoms with van der Waals surface area (Å²) in [6.45, 7) is 3.34. The minimum absolute atomic E-state index is 0.0678. The van der Waals surface area contributed by atoms with Gasteiger partial charge in [-0.25, -0.2) is 4.98 Å². The van der Waals surface area contributed by atoms with Crippen LogP contribution in [0.5, 0.6) is 0 Å². The summed E-state index contributed by atoms with van der Waals surface area (Å²) in [5, 5.41) is 25.8. The lowest BCUT2D eigenvalue weighted by molar-refractivity contribution is -0.418. The fourth-order valence-electron chi connectivity index (χ4n) is 2.60. The van der Waals surface area contributed by atoms with Gasteiger partial charge in [0.05, 0.1) is 23.4 Å². The number of anilines is 1. The molecule has 0 radical (unpaired) electrons. The highest BCUT2D eigenvalue weighted by Gasteiger charge is 2.25. The summed E-state index contributed by atoms with van der Waals surface area (Å²) in [6.07, 6.45) is 3.38. The molecule has 0 bridgehead atoms. The van der Waals surface area contributed by atoms with Crippen molar-refractivity contribution in [2.75, 3.05) is 31.7 Å². The maximum atomic E-state index is 11.4. The lowest BCUT2D eigenvalue weighted by Crippen LogP contribution is -2.35. The van der Waals surface area contributed by atoms with Crippen LogP contribution in [-0.4, -0.2) is 53.2 Å². The Labute approximate surface area is 172 Å². The molecular formula is C16H22Cl2N6O4. The summed E-state index contributed by atoms with van der Waals surface area (Å²) in [7, 11) is 0. The first-order valence-electron chi connectivity index (χ1n) is 8.71. The van der Waals surface area contributed by atoms with E-state index in [9.17, 15) is 10.1 Å². The molecule has 1 saturated heterocycles. The summed E-state index contributed by atoms with van der Waals surface area (Å²) in [5.74, 6) is -0.0932. The first-order chi connectivity index (χ1) is 13.4. The van der Waals surface area contributed by atoms with Crippen molar-refractivity contribution < 1.29 is 14.4 Å². The smallest absolute Gasteiger partial charge is 0.348 e. The molecule has 1 aliphatic rings. The van der Waals surface area contributed by atoms with Crippen LogP contribution >= 0.6 is 23.2 Å². The molecule has 1 aliphatic heterocycles. The van der Waals surface area contributed by atoms with E-state index in [1.165, 1.54) is 6.20 Å². The molecule has 0 spiro atoms. The second kappa shape index (κ2) is 11.0. The highest BCUT2D eigenvalue weighted by Crippen LogP contribution is 2.19. The van der Waals surface area contributed by atoms with Crippen LogP contribution in [0.25, 0.3) is 0 Å². The number of ether oxygens (including phenoxy) is 2. The average Bonchev–Trinajstić information content (AvgIpc) is 2.64. The predicted octanol–water partition coefficient (Wildman–Crippen LogP) is 2.86. The molecule has 0 saturated carbocycles. The van der Waals surface area contributed by atoms with E-state index in [-0.39, 0.29) is 23.6 Å². The Morgan fingerprint density at radius 1 is 1.46 bits per heavy atom. The van der Waals surface area contributed by atoms with Crippen LogP contribution in [0, 0.1) is 15.5 Å². The molecule has 1 aromatic rings. The summed E-state index contributed by atoms with van der Waals surface area (Å²) >= 11 is 11.7. The van der Waals surface area contributed by atoms with Crippen LogP contribution in [0.15, 0.2) is 17.6 Å². The minimum atomic E-state index is -0.606. The van der Waals surface area contributed by atoms with Gasteiger partial charge in [-0.05, 0) is 37.8 Å². The van der Waals surface area contributed by atoms with Crippen molar-refractivity contribution in [1.82, 2.24) is 15.3 Å². The van der Waals surface area contributed by atoms with Crippen LogP contribution in [0.4, 0.5) is 5.82 Å². The molecule has 0 atom stereocenters. The van der Waals surface area contributed by atoms with Crippen molar-refractivity contribution >= 4 is 34.9 Å². The number of allylic oxidation sites excluding steroid dienone is 1. The first kappa shape index (κ1) is 22.1. The zero-order chi connectivity index (χ0) is 20.5. The van der Waals surface area contributed by atoms with Crippen LogP contribution in [0.2, 0.25) is 10.3 Å². The van der Waals surface area contributed by atoms with Gasteiger partial charge in [0.2, 0.25) is 5.28 Å². The van der Waals surface area contributed by atoms with Crippen molar-refractivity contribution in [2.24, 2.45) is 0 Å². The molecule has 3 N–H and O–H groups in total. The third-order valence-electron chi connectivity index (χ3n) is 3.97. The zero-order valence-corrected chi connectivity index (χ0v) is 16.8. The monoisotopic (exact) mass is 432 g/mol. The Kier molecular flexibility index (Phi) is 8.68. The Hall–Kier alpha value is -2.17. The number of hydrogen-bond acceptors (Lipinski definition) is 9. The number of nitrogens with one attached hydrogen (secondary N) is 3. The molecule has 0 amide bonds. The second-order valence-corrected chi connectivity index (χ2v) is 6.80. The molecule has 0 aliphatic carbocycles. The largest absolute Gasteiger partial charge is 0.473 e. The highest BCUT2D eigenvalue weighted by atomic mass is 35.5. The van der Waals surface area contributed by atoms with Crippen molar-refractivity contribution in [3.63, 3.8) is 0 Å². The van der Waals surface area contributed by atoms with Gasteiger partial charge in [-0.1, -0.05) is 11.6 Å². The Morgan fingerprint density at radius 3 is 2.86 bits per heavy atom. The SMILES string of the molecule is C/C(NC1CCOCC1)=C(/C(=N)OCCCNc1nc(Cl)ncc1Cl)[N+](=O)[O-]. The summed E-state index contributed by atoms with van der Waals surface area (Å²) in [4.78, 5) is 18.5. The average molecular weight is 433 g/mol. The van der Waals surface area contributed by atoms with E-state index in [0.717, 1.165) is 12.8 Å². The van der Waals surface area contributed by atoms with Gasteiger partial charge in [0.15, 0.2) is 0 Å². The number of nitro groups is 1. The maximum absolute atomic E-state index is 11.4. The molecule has 0 aromatic carbocycles. The van der Waals surface area contributed by atoms with Gasteiger partial charge in [-0.15, -0.1) is 0 Å². The molecule has 0 unspecified atom stereocenters. The van der Waals surface area contributed by atoms with Crippen molar-refractivity contribution in [2.45, 2.75) is 32.2 Å². The minimum Gasteiger partial charge on any atom is -0.473 e. The van der Waals surface area contributed by atoms with Gasteiger partial charge in [-0.3, -0.25) is 15.5 Å². The van der Waals surface area contributed by atoms with E-state index in [4.69, 9.17) is 38.1 Å². The molecule has 1 aromatic heterocycles. The molecule has 154 valence electrons. The maximum Gasteiger partial charge on any atom is 0.348 e. The van der Waals surface area contributed by atoms with Gasteiger partial charge in [-0.2, -0.15) is 4.98 Å². The van der Waals surface area contributed by atoms with Crippen LogP contribution in [0.3, 0.4) is 0 Å². The van der Waals surface area contributed by atoms with Gasteiger partial charge in [0.25, 0.3) is 5.90 Å². The van der Waals surface area contributed by atoms with Gasteiger partial charge in [0, 0.05) is 25.8 Å². The van der Waals surface area contributed by atoms with Crippen molar-refractivity contribution in [3.05, 3.63) is 38.0 Å². The van der Waals surface area contributed by atoms with E-state index in [1.807, 2.05) is 0 Å². The normalized spacial score (nSPS) is 15.5. The Morgan fingerprint density at radius 2 is 2.18 bits per heavy atom. The second-order valence-electron chi connectivity index (χ2n) is 6.06. The summed E-state index contributed by atoms with van der Waals surface area (Å²) in [6, 6.07) is 0.0881. The quantitative estimate of drug-likeness (QED) is 0.135. The van der Waals surface area contributed by atoms with Crippen LogP contribution in [0.1, 0.15) is 26.2 Å². The molecule has 2 rings (SSSR count). The predicted molar refractivity (Wildman–Crippen MR) is 106 cm³/mol. The molecule has 1 fully saturated rings. The summed E-state index contributed by atoms with van der Waals surface area (Å²) in [5.41, 5.74) is -0.0625. The number of halogens is 2. The van der Waals surface area contributed by atoms with E-state index in [2.05, 4.69) is 20.6 Å². The van der Waals surface area contributed by atoms with E-state index >= 15 is 0 Å². The lowest BCUT2D eigenvalue weighted by Gasteiger charge is -2.24. The van der Waals surface area contributed by atoms with Gasteiger partial charge in [0.1, 0.15) is 10.8 Å². The van der Waals surface area contributed by atoms with E-state index < -0.39 is 10.8 Å². The zero-order valence-electron chi connectivity index (χ0n) is 15.3. The number of nitrogens with zero attached hydrogens (tertiary/aromatic N) is 3. The van der Waals surface area contributed by atoms with E-state index in [0.29, 0.717) is 42.7 Å². The van der Waals surface area contributed by atoms with Gasteiger partial charge < -0.3 is 20.1 Å². The standard InChI is InChI=1S/C16H22Cl2N6O4/c1-10(22-11-3-7-27-8-4-11)13(24(25)26)14(19)28-6-2-5-20-15-12(17)9-21-16(18)23-15/h9,11,19,22H,2-8H2,1H3,(H,20,21,23)/b13-10+,19-14?. The fraction of sp³-hybridized carbons (Fsp3) is 0.562. The molecular weight excluding hydrogens is 411 g/mol. The number of hydrogen-bond donors (Lipinski definition) is 3. The summed E-state index contributed by atoms with van der Waals surface area (Å²) < 4.78 is 10.5. The van der Waals surface area contributed by atoms with Crippen molar-refractivity contribution in [1.29, 1.82) is 5.41 Å². The molecule has 28 heavy (non-hydrogen) atoms. The molecule has 12 heteroatoms. The third-order valence-corrected chi connectivity index (χ3v) is 4.43. The third kappa shape index (κ3) is 6.77. The molecule has 2 heterocycles. The Bertz CT molecular complexity index is 740. The number of rotatable bonds is 9.